The first-order valence-corrected chi connectivity index (χ1v) is 14.9. The topological polar surface area (TPSA) is 125 Å². The molecule has 0 aromatic heterocycles. The second-order valence-electron chi connectivity index (χ2n) is 10.9. The second kappa shape index (κ2) is 14.5. The van der Waals surface area contributed by atoms with Crippen LogP contribution in [0.15, 0.2) is 42.5 Å². The molecule has 1 saturated heterocycles. The minimum atomic E-state index is -0.887. The van der Waals surface area contributed by atoms with Crippen molar-refractivity contribution in [3.8, 4) is 0 Å². The van der Waals surface area contributed by atoms with E-state index in [2.05, 4.69) is 10.6 Å². The molecule has 41 heavy (non-hydrogen) atoms. The predicted octanol–water partition coefficient (Wildman–Crippen LogP) is 3.56. The van der Waals surface area contributed by atoms with Crippen molar-refractivity contribution in [3.05, 3.63) is 64.2 Å². The summed E-state index contributed by atoms with van der Waals surface area (Å²) >= 11 is 6.11. The number of amides is 4. The third-order valence-electron chi connectivity index (χ3n) is 7.90. The number of likely N-dealkylation sites (tertiary alicyclic amines) is 1. The van der Waals surface area contributed by atoms with Crippen molar-refractivity contribution in [2.24, 2.45) is 5.73 Å². The van der Waals surface area contributed by atoms with Gasteiger partial charge in [-0.25, -0.2) is 0 Å². The number of nitrogens with one attached hydrogen (secondary N) is 2. The van der Waals surface area contributed by atoms with Crippen LogP contribution in [0, 0.1) is 6.92 Å². The lowest BCUT2D eigenvalue weighted by molar-refractivity contribution is -0.144. The molecule has 0 saturated carbocycles. The lowest BCUT2D eigenvalue weighted by Crippen LogP contribution is -2.56. The molecule has 220 valence electrons. The molecule has 0 bridgehead atoms. The van der Waals surface area contributed by atoms with Gasteiger partial charge in [0.2, 0.25) is 23.6 Å². The van der Waals surface area contributed by atoms with Crippen LogP contribution in [0.2, 0.25) is 5.02 Å². The number of benzene rings is 2. The number of carbonyl (C=O) groups excluding carboxylic acids is 4. The Kier molecular flexibility index (Phi) is 10.8. The summed E-state index contributed by atoms with van der Waals surface area (Å²) in [6, 6.07) is 11.2. The highest BCUT2D eigenvalue weighted by Gasteiger charge is 2.36. The van der Waals surface area contributed by atoms with E-state index >= 15 is 0 Å². The van der Waals surface area contributed by atoms with Crippen molar-refractivity contribution >= 4 is 40.9 Å². The molecule has 2 aliphatic rings. The quantitative estimate of drug-likeness (QED) is 0.418. The first-order valence-electron chi connectivity index (χ1n) is 14.5. The molecule has 2 atom stereocenters. The SMILES string of the molecule is Cc1cc(NC(=O)[C@H](CCN)NC(=O)[C@@H]2Cc3ccccc3CN2C(=O)CCC(=O)N2CCCCCC2)ccc1Cl. The first-order chi connectivity index (χ1) is 19.8. The zero-order chi connectivity index (χ0) is 29.4. The maximum atomic E-state index is 13.7. The van der Waals surface area contributed by atoms with E-state index < -0.39 is 23.9 Å². The summed E-state index contributed by atoms with van der Waals surface area (Å²) in [5.41, 5.74) is 9.11. The van der Waals surface area contributed by atoms with Gasteiger partial charge in [-0.05, 0) is 67.6 Å². The van der Waals surface area contributed by atoms with Crippen molar-refractivity contribution in [1.82, 2.24) is 15.1 Å². The van der Waals surface area contributed by atoms with Gasteiger partial charge in [0.1, 0.15) is 12.1 Å². The van der Waals surface area contributed by atoms with Crippen molar-refractivity contribution < 1.29 is 19.2 Å². The largest absolute Gasteiger partial charge is 0.343 e. The Morgan fingerprint density at radius 3 is 2.34 bits per heavy atom. The number of hydrogen-bond acceptors (Lipinski definition) is 5. The molecule has 4 amide bonds. The third-order valence-corrected chi connectivity index (χ3v) is 8.32. The van der Waals surface area contributed by atoms with Gasteiger partial charge in [-0.2, -0.15) is 0 Å². The van der Waals surface area contributed by atoms with Gasteiger partial charge in [0.05, 0.1) is 0 Å². The molecule has 4 N–H and O–H groups in total. The summed E-state index contributed by atoms with van der Waals surface area (Å²) in [5, 5.41) is 6.27. The summed E-state index contributed by atoms with van der Waals surface area (Å²) < 4.78 is 0. The van der Waals surface area contributed by atoms with Crippen molar-refractivity contribution in [2.45, 2.75) is 76.9 Å². The summed E-state index contributed by atoms with van der Waals surface area (Å²) in [6.07, 6.45) is 4.91. The normalized spacial score (nSPS) is 17.7. The van der Waals surface area contributed by atoms with Crippen LogP contribution in [0.3, 0.4) is 0 Å². The zero-order valence-corrected chi connectivity index (χ0v) is 24.4. The maximum Gasteiger partial charge on any atom is 0.246 e. The van der Waals surface area contributed by atoms with E-state index in [1.165, 1.54) is 0 Å². The van der Waals surface area contributed by atoms with Gasteiger partial charge in [-0.1, -0.05) is 48.7 Å². The highest BCUT2D eigenvalue weighted by atomic mass is 35.5. The Morgan fingerprint density at radius 2 is 1.66 bits per heavy atom. The van der Waals surface area contributed by atoms with Gasteiger partial charge in [0.25, 0.3) is 0 Å². The highest BCUT2D eigenvalue weighted by molar-refractivity contribution is 6.31. The number of aryl methyl sites for hydroxylation is 1. The molecule has 0 aliphatic carbocycles. The number of rotatable bonds is 9. The Labute approximate surface area is 246 Å². The van der Waals surface area contributed by atoms with Crippen LogP contribution >= 0.6 is 11.6 Å². The maximum absolute atomic E-state index is 13.7. The fraction of sp³-hybridized carbons (Fsp3) is 0.484. The number of carbonyl (C=O) groups is 4. The standard InChI is InChI=1S/C31H40ClN5O4/c1-21-18-24(10-11-25(21)32)34-30(40)26(14-15-33)35-31(41)27-19-22-8-4-5-9-23(22)20-37(27)29(39)13-12-28(38)36-16-6-2-3-7-17-36/h4-5,8-11,18,26-27H,2-3,6-7,12-17,19-20,33H2,1H3,(H,34,40)(H,35,41)/t26-,27-/m0/s1. The number of fused-ring (bicyclic) bond motifs is 1. The number of hydrogen-bond donors (Lipinski definition) is 3. The van der Waals surface area contributed by atoms with E-state index in [0.29, 0.717) is 17.1 Å². The van der Waals surface area contributed by atoms with Gasteiger partial charge in [-0.15, -0.1) is 0 Å². The Bertz CT molecular complexity index is 1260. The van der Waals surface area contributed by atoms with Crippen LogP contribution in [0.1, 0.15) is 61.6 Å². The molecular weight excluding hydrogens is 542 g/mol. The molecule has 4 rings (SSSR count). The van der Waals surface area contributed by atoms with Gasteiger partial charge in [0.15, 0.2) is 0 Å². The van der Waals surface area contributed by atoms with Crippen LogP contribution in [0.5, 0.6) is 0 Å². The van der Waals surface area contributed by atoms with Crippen molar-refractivity contribution in [1.29, 1.82) is 0 Å². The van der Waals surface area contributed by atoms with Crippen LogP contribution in [0.25, 0.3) is 0 Å². The second-order valence-corrected chi connectivity index (χ2v) is 11.3. The Hall–Kier alpha value is -3.43. The number of anilines is 1. The molecule has 0 radical (unpaired) electrons. The van der Waals surface area contributed by atoms with E-state index in [4.69, 9.17) is 17.3 Å². The summed E-state index contributed by atoms with van der Waals surface area (Å²) in [7, 11) is 0. The van der Waals surface area contributed by atoms with Gasteiger partial charge in [0, 0.05) is 49.6 Å². The highest BCUT2D eigenvalue weighted by Crippen LogP contribution is 2.25. The molecule has 2 aromatic rings. The molecule has 9 nitrogen and oxygen atoms in total. The van der Waals surface area contributed by atoms with Gasteiger partial charge < -0.3 is 26.2 Å². The lowest BCUT2D eigenvalue weighted by atomic mass is 9.92. The third kappa shape index (κ3) is 8.07. The van der Waals surface area contributed by atoms with Crippen LogP contribution in [-0.2, 0) is 32.1 Å². The number of nitrogens with two attached hydrogens (primary N) is 1. The number of halogens is 1. The fourth-order valence-electron chi connectivity index (χ4n) is 5.51. The smallest absolute Gasteiger partial charge is 0.246 e. The summed E-state index contributed by atoms with van der Waals surface area (Å²) in [4.78, 5) is 56.6. The average molecular weight is 582 g/mol. The Morgan fingerprint density at radius 1 is 0.976 bits per heavy atom. The molecule has 2 aromatic carbocycles. The van der Waals surface area contributed by atoms with E-state index in [1.807, 2.05) is 36.1 Å². The van der Waals surface area contributed by atoms with Crippen LogP contribution < -0.4 is 16.4 Å². The molecule has 2 heterocycles. The molecular formula is C31H40ClN5O4. The van der Waals surface area contributed by atoms with E-state index in [-0.39, 0.29) is 44.2 Å². The number of nitrogens with zero attached hydrogens (tertiary/aromatic N) is 2. The molecule has 0 unspecified atom stereocenters. The summed E-state index contributed by atoms with van der Waals surface area (Å²) in [5.74, 6) is -1.09. The van der Waals surface area contributed by atoms with E-state index in [1.54, 1.807) is 23.1 Å². The monoisotopic (exact) mass is 581 g/mol. The molecule has 10 heteroatoms. The molecule has 2 aliphatic heterocycles. The zero-order valence-electron chi connectivity index (χ0n) is 23.7. The lowest BCUT2D eigenvalue weighted by Gasteiger charge is -2.37. The summed E-state index contributed by atoms with van der Waals surface area (Å²) in [6.45, 7) is 3.76. The Balaban J connectivity index is 1.46. The molecule has 1 fully saturated rings. The van der Waals surface area contributed by atoms with Crippen LogP contribution in [0.4, 0.5) is 5.69 Å². The van der Waals surface area contributed by atoms with E-state index in [9.17, 15) is 19.2 Å². The van der Waals surface area contributed by atoms with Crippen molar-refractivity contribution in [3.63, 3.8) is 0 Å². The van der Waals surface area contributed by atoms with Crippen LogP contribution in [-0.4, -0.2) is 65.1 Å². The fourth-order valence-corrected chi connectivity index (χ4v) is 5.63. The minimum Gasteiger partial charge on any atom is -0.343 e. The van der Waals surface area contributed by atoms with Crippen molar-refractivity contribution in [2.75, 3.05) is 25.0 Å². The van der Waals surface area contributed by atoms with Gasteiger partial charge in [-0.3, -0.25) is 19.2 Å². The minimum absolute atomic E-state index is 0.0178. The first kappa shape index (κ1) is 30.5. The molecule has 0 spiro atoms. The van der Waals surface area contributed by atoms with Gasteiger partial charge >= 0.3 is 0 Å². The predicted molar refractivity (Wildman–Crippen MR) is 159 cm³/mol. The van der Waals surface area contributed by atoms with E-state index in [0.717, 1.165) is 55.5 Å². The average Bonchev–Trinajstić information content (AvgIpc) is 3.26.